The number of nitrogens with one attached hydrogen (secondary N) is 1. The Morgan fingerprint density at radius 1 is 1.17 bits per heavy atom. The summed E-state index contributed by atoms with van der Waals surface area (Å²) in [5, 5.41) is 14.6. The van der Waals surface area contributed by atoms with Gasteiger partial charge in [0.1, 0.15) is 5.75 Å². The van der Waals surface area contributed by atoms with Crippen LogP contribution in [0.5, 0.6) is 5.75 Å². The first kappa shape index (κ1) is 19.3. The second-order valence-electron chi connectivity index (χ2n) is 7.88. The van der Waals surface area contributed by atoms with Gasteiger partial charge >= 0.3 is 0 Å². The predicted molar refractivity (Wildman–Crippen MR) is 122 cm³/mol. The SMILES string of the molecule is CCOc1ccc2c(c1)ncn2Cc1ccc2nc(N[C@@H]3CCCC[C@H]3O)sc2c1. The summed E-state index contributed by atoms with van der Waals surface area (Å²) in [5.74, 6) is 0.851. The summed E-state index contributed by atoms with van der Waals surface area (Å²) < 4.78 is 8.89. The molecule has 2 atom stereocenters. The largest absolute Gasteiger partial charge is 0.494 e. The van der Waals surface area contributed by atoms with E-state index < -0.39 is 0 Å². The van der Waals surface area contributed by atoms with Crippen LogP contribution in [-0.4, -0.2) is 38.4 Å². The molecule has 1 saturated carbocycles. The Bertz CT molecular complexity index is 1170. The molecule has 30 heavy (non-hydrogen) atoms. The van der Waals surface area contributed by atoms with Gasteiger partial charge in [0.25, 0.3) is 0 Å². The third-order valence-electron chi connectivity index (χ3n) is 5.75. The number of fused-ring (bicyclic) bond motifs is 2. The Morgan fingerprint density at radius 3 is 2.93 bits per heavy atom. The molecular weight excluding hydrogens is 396 g/mol. The van der Waals surface area contributed by atoms with E-state index in [4.69, 9.17) is 9.72 Å². The van der Waals surface area contributed by atoms with Gasteiger partial charge < -0.3 is 19.7 Å². The molecule has 1 aliphatic carbocycles. The monoisotopic (exact) mass is 422 g/mol. The number of imidazole rings is 1. The third kappa shape index (κ3) is 3.87. The van der Waals surface area contributed by atoms with E-state index in [1.807, 2.05) is 25.4 Å². The number of rotatable bonds is 6. The zero-order valence-electron chi connectivity index (χ0n) is 17.0. The molecule has 2 aromatic carbocycles. The fourth-order valence-corrected chi connectivity index (χ4v) is 5.18. The topological polar surface area (TPSA) is 72.2 Å². The Hall–Kier alpha value is -2.64. The molecular formula is C23H26N4O2S. The van der Waals surface area contributed by atoms with E-state index in [1.54, 1.807) is 11.3 Å². The maximum atomic E-state index is 10.2. The fourth-order valence-electron chi connectivity index (χ4n) is 4.19. The van der Waals surface area contributed by atoms with E-state index >= 15 is 0 Å². The van der Waals surface area contributed by atoms with Crippen molar-refractivity contribution in [1.29, 1.82) is 0 Å². The minimum Gasteiger partial charge on any atom is -0.494 e. The van der Waals surface area contributed by atoms with Gasteiger partial charge in [-0.2, -0.15) is 0 Å². The van der Waals surface area contributed by atoms with Crippen molar-refractivity contribution in [1.82, 2.24) is 14.5 Å². The fraction of sp³-hybridized carbons (Fsp3) is 0.391. The van der Waals surface area contributed by atoms with Crippen LogP contribution < -0.4 is 10.1 Å². The molecule has 4 aromatic rings. The van der Waals surface area contributed by atoms with Crippen molar-refractivity contribution in [3.63, 3.8) is 0 Å². The first-order chi connectivity index (χ1) is 14.7. The maximum absolute atomic E-state index is 10.2. The summed E-state index contributed by atoms with van der Waals surface area (Å²) in [6.45, 7) is 3.39. The molecule has 2 heterocycles. The van der Waals surface area contributed by atoms with Crippen LogP contribution in [0.1, 0.15) is 38.2 Å². The number of nitrogens with zero attached hydrogens (tertiary/aromatic N) is 3. The number of anilines is 1. The molecule has 0 amide bonds. The minimum atomic E-state index is -0.279. The molecule has 6 nitrogen and oxygen atoms in total. The molecule has 156 valence electrons. The van der Waals surface area contributed by atoms with Crippen molar-refractivity contribution in [3.05, 3.63) is 48.3 Å². The maximum Gasteiger partial charge on any atom is 0.184 e. The lowest BCUT2D eigenvalue weighted by molar-refractivity contribution is 0.116. The van der Waals surface area contributed by atoms with Gasteiger partial charge in [0.2, 0.25) is 0 Å². The van der Waals surface area contributed by atoms with Crippen LogP contribution in [-0.2, 0) is 6.54 Å². The Kier molecular flexibility index (Phi) is 5.31. The highest BCUT2D eigenvalue weighted by Gasteiger charge is 2.23. The number of hydrogen-bond acceptors (Lipinski definition) is 6. The van der Waals surface area contributed by atoms with Gasteiger partial charge in [-0.15, -0.1) is 0 Å². The summed E-state index contributed by atoms with van der Waals surface area (Å²) in [7, 11) is 0. The molecule has 2 aromatic heterocycles. The average molecular weight is 423 g/mol. The number of aliphatic hydroxyl groups excluding tert-OH is 1. The summed E-state index contributed by atoms with van der Waals surface area (Å²) in [6.07, 6.45) is 5.75. The van der Waals surface area contributed by atoms with Crippen molar-refractivity contribution in [2.24, 2.45) is 0 Å². The molecule has 5 rings (SSSR count). The lowest BCUT2D eigenvalue weighted by Gasteiger charge is -2.27. The molecule has 2 N–H and O–H groups in total. The van der Waals surface area contributed by atoms with Crippen molar-refractivity contribution in [2.75, 3.05) is 11.9 Å². The Labute approximate surface area is 179 Å². The molecule has 0 aliphatic heterocycles. The quantitative estimate of drug-likeness (QED) is 0.467. The van der Waals surface area contributed by atoms with E-state index in [1.165, 1.54) is 5.56 Å². The summed E-state index contributed by atoms with van der Waals surface area (Å²) in [5.41, 5.74) is 4.24. The van der Waals surface area contributed by atoms with Gasteiger partial charge in [0.05, 0.1) is 46.3 Å². The van der Waals surface area contributed by atoms with E-state index in [0.29, 0.717) is 6.61 Å². The van der Waals surface area contributed by atoms with E-state index in [0.717, 1.165) is 64.4 Å². The molecule has 0 spiro atoms. The van der Waals surface area contributed by atoms with Crippen molar-refractivity contribution >= 4 is 37.7 Å². The normalized spacial score (nSPS) is 19.4. The summed E-state index contributed by atoms with van der Waals surface area (Å²) in [6, 6.07) is 12.6. The van der Waals surface area contributed by atoms with Crippen molar-refractivity contribution in [3.8, 4) is 5.75 Å². The number of hydrogen-bond donors (Lipinski definition) is 2. The first-order valence-electron chi connectivity index (χ1n) is 10.6. The second-order valence-corrected chi connectivity index (χ2v) is 8.91. The van der Waals surface area contributed by atoms with E-state index in [2.05, 4.69) is 39.1 Å². The highest BCUT2D eigenvalue weighted by Crippen LogP contribution is 2.30. The van der Waals surface area contributed by atoms with Gasteiger partial charge in [0.15, 0.2) is 5.13 Å². The van der Waals surface area contributed by atoms with Crippen molar-refractivity contribution in [2.45, 2.75) is 51.3 Å². The van der Waals surface area contributed by atoms with Crippen LogP contribution in [0.2, 0.25) is 0 Å². The van der Waals surface area contributed by atoms with Crippen LogP contribution in [0.4, 0.5) is 5.13 Å². The van der Waals surface area contributed by atoms with Crippen molar-refractivity contribution < 1.29 is 9.84 Å². The van der Waals surface area contributed by atoms with Gasteiger partial charge in [-0.3, -0.25) is 0 Å². The second kappa shape index (κ2) is 8.24. The smallest absolute Gasteiger partial charge is 0.184 e. The van der Waals surface area contributed by atoms with Gasteiger partial charge in [-0.25, -0.2) is 9.97 Å². The van der Waals surface area contributed by atoms with Crippen LogP contribution in [0.25, 0.3) is 21.3 Å². The lowest BCUT2D eigenvalue weighted by atomic mass is 9.93. The summed E-state index contributed by atoms with van der Waals surface area (Å²) in [4.78, 5) is 9.26. The van der Waals surface area contributed by atoms with E-state index in [-0.39, 0.29) is 12.1 Å². The molecule has 7 heteroatoms. The number of aliphatic hydroxyl groups is 1. The number of thiazole rings is 1. The highest BCUT2D eigenvalue weighted by atomic mass is 32.1. The van der Waals surface area contributed by atoms with Crippen LogP contribution in [0.3, 0.4) is 0 Å². The molecule has 0 radical (unpaired) electrons. The number of ether oxygens (including phenoxy) is 1. The molecule has 1 fully saturated rings. The van der Waals surface area contributed by atoms with Crippen LogP contribution in [0.15, 0.2) is 42.7 Å². The molecule has 0 saturated heterocycles. The molecule has 0 unspecified atom stereocenters. The Balaban J connectivity index is 1.35. The standard InChI is InChI=1S/C23H26N4O2S/c1-2-29-16-8-10-20-19(12-16)24-14-27(20)13-15-7-9-18-22(11-15)30-23(26-18)25-17-5-3-4-6-21(17)28/h7-12,14,17,21,28H,2-6,13H2,1H3,(H,25,26)/t17-,21-/m1/s1. The number of aromatic nitrogens is 3. The van der Waals surface area contributed by atoms with Crippen LogP contribution in [0, 0.1) is 0 Å². The van der Waals surface area contributed by atoms with Gasteiger partial charge in [-0.1, -0.05) is 30.2 Å². The third-order valence-corrected chi connectivity index (χ3v) is 6.70. The first-order valence-corrected chi connectivity index (χ1v) is 11.4. The van der Waals surface area contributed by atoms with E-state index in [9.17, 15) is 5.11 Å². The van der Waals surface area contributed by atoms with Gasteiger partial charge in [-0.05, 0) is 49.6 Å². The summed E-state index contributed by atoms with van der Waals surface area (Å²) >= 11 is 1.66. The zero-order chi connectivity index (χ0) is 20.5. The number of benzene rings is 2. The predicted octanol–water partition coefficient (Wildman–Crippen LogP) is 4.81. The van der Waals surface area contributed by atoms with Crippen LogP contribution >= 0.6 is 11.3 Å². The average Bonchev–Trinajstić information content (AvgIpc) is 3.33. The molecule has 0 bridgehead atoms. The Morgan fingerprint density at radius 2 is 2.07 bits per heavy atom. The highest BCUT2D eigenvalue weighted by molar-refractivity contribution is 7.22. The van der Waals surface area contributed by atoms with Gasteiger partial charge in [0, 0.05) is 12.6 Å². The zero-order valence-corrected chi connectivity index (χ0v) is 17.9. The minimum absolute atomic E-state index is 0.109. The lowest BCUT2D eigenvalue weighted by Crippen LogP contribution is -2.36. The molecule has 1 aliphatic rings.